The Bertz CT molecular complexity index is 1300. The summed E-state index contributed by atoms with van der Waals surface area (Å²) in [6, 6.07) is 8.35. The van der Waals surface area contributed by atoms with Gasteiger partial charge in [0, 0.05) is 49.8 Å². The molecule has 3 saturated heterocycles. The third kappa shape index (κ3) is 3.78. The number of nitrogens with zero attached hydrogens (tertiary/aromatic N) is 7. The van der Waals surface area contributed by atoms with E-state index in [9.17, 15) is 10.1 Å². The molecule has 7 rings (SSSR count). The molecule has 0 radical (unpaired) electrons. The predicted octanol–water partition coefficient (Wildman–Crippen LogP) is 3.20. The molecule has 0 spiro atoms. The molecule has 1 saturated carbocycles. The molecule has 0 unspecified atom stereocenters. The van der Waals surface area contributed by atoms with E-state index in [1.54, 1.807) is 16.8 Å². The molecule has 1 aliphatic carbocycles. The van der Waals surface area contributed by atoms with Crippen molar-refractivity contribution in [3.05, 3.63) is 46.5 Å². The minimum absolute atomic E-state index is 0.0728. The van der Waals surface area contributed by atoms with E-state index in [4.69, 9.17) is 0 Å². The fraction of sp³-hybridized carbons (Fsp3) is 0.480. The van der Waals surface area contributed by atoms with E-state index in [0.29, 0.717) is 28.8 Å². The fourth-order valence-corrected chi connectivity index (χ4v) is 5.73. The van der Waals surface area contributed by atoms with Crippen molar-refractivity contribution in [1.82, 2.24) is 24.4 Å². The molecule has 0 aromatic carbocycles. The van der Waals surface area contributed by atoms with Gasteiger partial charge in [-0.05, 0) is 43.9 Å². The smallest absolute Gasteiger partial charge is 0.270 e. The second-order valence-electron chi connectivity index (χ2n) is 9.55. The number of pyridine rings is 2. The summed E-state index contributed by atoms with van der Waals surface area (Å²) in [5.74, 6) is 1.05. The van der Waals surface area contributed by atoms with Crippen molar-refractivity contribution in [2.45, 2.75) is 50.6 Å². The highest BCUT2D eigenvalue weighted by Crippen LogP contribution is 2.31. The summed E-state index contributed by atoms with van der Waals surface area (Å²) in [7, 11) is 0. The number of hydrogen-bond donors (Lipinski definition) is 1. The molecule has 174 valence electrons. The van der Waals surface area contributed by atoms with Gasteiger partial charge in [0.05, 0.1) is 11.9 Å². The molecule has 9 heteroatoms. The highest BCUT2D eigenvalue weighted by molar-refractivity contribution is 5.77. The Morgan fingerprint density at radius 1 is 0.971 bits per heavy atom. The van der Waals surface area contributed by atoms with Crippen molar-refractivity contribution in [2.75, 3.05) is 36.4 Å². The Morgan fingerprint density at radius 2 is 1.79 bits per heavy atom. The standard InChI is InChI=1S/C25H28N8O/c26-14-17-13-18-15-28-25(30-23(18)33(24(17)34)20-3-1-2-4-20)29-22-6-5-21(16-27-22)32-12-11-31-9-7-19(32)8-10-31/h5-6,13,15-16,19-20H,1-4,7-12H2,(H,27,28,29,30). The van der Waals surface area contributed by atoms with E-state index in [1.807, 2.05) is 18.3 Å². The zero-order valence-electron chi connectivity index (χ0n) is 19.2. The third-order valence-corrected chi connectivity index (χ3v) is 7.56. The van der Waals surface area contributed by atoms with Gasteiger partial charge in [-0.2, -0.15) is 10.2 Å². The number of piperidine rings is 1. The summed E-state index contributed by atoms with van der Waals surface area (Å²) in [5, 5.41) is 13.3. The number of fused-ring (bicyclic) bond motifs is 5. The Morgan fingerprint density at radius 3 is 2.53 bits per heavy atom. The van der Waals surface area contributed by atoms with Crippen molar-refractivity contribution in [1.29, 1.82) is 5.26 Å². The van der Waals surface area contributed by atoms with Crippen molar-refractivity contribution in [3.63, 3.8) is 0 Å². The predicted molar refractivity (Wildman–Crippen MR) is 130 cm³/mol. The van der Waals surface area contributed by atoms with E-state index in [2.05, 4.69) is 36.1 Å². The van der Waals surface area contributed by atoms with E-state index < -0.39 is 0 Å². The molecule has 0 atom stereocenters. The Labute approximate surface area is 198 Å². The van der Waals surface area contributed by atoms with Gasteiger partial charge in [0.1, 0.15) is 23.1 Å². The van der Waals surface area contributed by atoms with Crippen molar-refractivity contribution in [3.8, 4) is 6.07 Å². The molecule has 6 heterocycles. The third-order valence-electron chi connectivity index (χ3n) is 7.56. The van der Waals surface area contributed by atoms with Gasteiger partial charge in [0.25, 0.3) is 5.56 Å². The first-order valence-electron chi connectivity index (χ1n) is 12.2. The first-order chi connectivity index (χ1) is 16.7. The van der Waals surface area contributed by atoms with Gasteiger partial charge in [-0.15, -0.1) is 0 Å². The van der Waals surface area contributed by atoms with E-state index in [1.165, 1.54) is 25.9 Å². The summed E-state index contributed by atoms with van der Waals surface area (Å²) in [5.41, 5.74) is 1.59. The zero-order valence-corrected chi connectivity index (χ0v) is 19.2. The van der Waals surface area contributed by atoms with Crippen LogP contribution in [0.1, 0.15) is 50.1 Å². The van der Waals surface area contributed by atoms with Gasteiger partial charge < -0.3 is 15.1 Å². The summed E-state index contributed by atoms with van der Waals surface area (Å²) in [6.07, 6.45) is 10.0. The maximum atomic E-state index is 13.0. The van der Waals surface area contributed by atoms with Crippen LogP contribution in [0, 0.1) is 11.3 Å². The Balaban J connectivity index is 1.28. The summed E-state index contributed by atoms with van der Waals surface area (Å²) in [6.45, 7) is 4.53. The number of rotatable bonds is 4. The highest BCUT2D eigenvalue weighted by atomic mass is 16.1. The van der Waals surface area contributed by atoms with Gasteiger partial charge in [-0.3, -0.25) is 9.36 Å². The molecule has 4 aliphatic rings. The van der Waals surface area contributed by atoms with Gasteiger partial charge in [0.2, 0.25) is 5.95 Å². The second kappa shape index (κ2) is 8.69. The zero-order chi connectivity index (χ0) is 23.1. The molecule has 0 amide bonds. The lowest BCUT2D eigenvalue weighted by Gasteiger charge is -2.32. The molecular formula is C25H28N8O. The van der Waals surface area contributed by atoms with Crippen molar-refractivity contribution < 1.29 is 0 Å². The maximum absolute atomic E-state index is 13.0. The topological polar surface area (TPSA) is 103 Å². The van der Waals surface area contributed by atoms with E-state index in [-0.39, 0.29) is 17.2 Å². The average molecular weight is 457 g/mol. The molecule has 4 fully saturated rings. The van der Waals surface area contributed by atoms with Crippen molar-refractivity contribution >= 4 is 28.5 Å². The molecule has 34 heavy (non-hydrogen) atoms. The lowest BCUT2D eigenvalue weighted by molar-refractivity contribution is 0.250. The van der Waals surface area contributed by atoms with Crippen LogP contribution in [0.2, 0.25) is 0 Å². The lowest BCUT2D eigenvalue weighted by Crippen LogP contribution is -2.37. The molecule has 3 aliphatic heterocycles. The van der Waals surface area contributed by atoms with E-state index in [0.717, 1.165) is 44.5 Å². The average Bonchev–Trinajstić information content (AvgIpc) is 3.23. The molecule has 2 bridgehead atoms. The van der Waals surface area contributed by atoms with Gasteiger partial charge in [0.15, 0.2) is 0 Å². The molecular weight excluding hydrogens is 428 g/mol. The molecule has 3 aromatic heterocycles. The summed E-state index contributed by atoms with van der Waals surface area (Å²) in [4.78, 5) is 31.7. The Hall–Kier alpha value is -3.51. The van der Waals surface area contributed by atoms with Crippen LogP contribution in [0.25, 0.3) is 11.0 Å². The second-order valence-corrected chi connectivity index (χ2v) is 9.55. The van der Waals surface area contributed by atoms with Crippen LogP contribution < -0.4 is 15.8 Å². The first kappa shape index (κ1) is 21.1. The molecule has 3 aromatic rings. The van der Waals surface area contributed by atoms with Crippen LogP contribution in [-0.4, -0.2) is 56.6 Å². The quantitative estimate of drug-likeness (QED) is 0.638. The number of nitrogens with one attached hydrogen (secondary N) is 1. The number of anilines is 3. The van der Waals surface area contributed by atoms with Crippen molar-refractivity contribution in [2.24, 2.45) is 0 Å². The van der Waals surface area contributed by atoms with Crippen LogP contribution >= 0.6 is 0 Å². The van der Waals surface area contributed by atoms with Gasteiger partial charge in [-0.25, -0.2) is 9.97 Å². The summed E-state index contributed by atoms with van der Waals surface area (Å²) < 4.78 is 1.70. The SMILES string of the molecule is N#Cc1cc2cnc(Nc3ccc(N4CCN5CCC4CC5)cn3)nc2n(C2CCCC2)c1=O. The van der Waals surface area contributed by atoms with Crippen LogP contribution in [0.15, 0.2) is 35.4 Å². The normalized spacial score (nSPS) is 22.6. The summed E-state index contributed by atoms with van der Waals surface area (Å²) >= 11 is 0. The fourth-order valence-electron chi connectivity index (χ4n) is 5.73. The minimum Gasteiger partial charge on any atom is -0.366 e. The molecule has 9 nitrogen and oxygen atoms in total. The first-order valence-corrected chi connectivity index (χ1v) is 12.2. The van der Waals surface area contributed by atoms with Crippen LogP contribution in [0.4, 0.5) is 17.5 Å². The molecule has 1 N–H and O–H groups in total. The van der Waals surface area contributed by atoms with Gasteiger partial charge in [-0.1, -0.05) is 12.8 Å². The van der Waals surface area contributed by atoms with Crippen LogP contribution in [0.5, 0.6) is 0 Å². The Kier molecular flexibility index (Phi) is 5.38. The van der Waals surface area contributed by atoms with Crippen LogP contribution in [0.3, 0.4) is 0 Å². The highest BCUT2D eigenvalue weighted by Gasteiger charge is 2.29. The maximum Gasteiger partial charge on any atom is 0.270 e. The van der Waals surface area contributed by atoms with E-state index >= 15 is 0 Å². The lowest BCUT2D eigenvalue weighted by atomic mass is 10.0. The number of aromatic nitrogens is 4. The van der Waals surface area contributed by atoms with Gasteiger partial charge >= 0.3 is 0 Å². The monoisotopic (exact) mass is 456 g/mol. The van der Waals surface area contributed by atoms with Crippen LogP contribution in [-0.2, 0) is 0 Å². The largest absolute Gasteiger partial charge is 0.366 e. The minimum atomic E-state index is -0.267. The number of hydrogen-bond acceptors (Lipinski definition) is 8. The number of nitriles is 1.